The van der Waals surface area contributed by atoms with Crippen LogP contribution in [0, 0.1) is 5.92 Å². The summed E-state index contributed by atoms with van der Waals surface area (Å²) in [6.45, 7) is 1.26. The summed E-state index contributed by atoms with van der Waals surface area (Å²) < 4.78 is 7.84. The number of carbonyl (C=O) groups is 1. The van der Waals surface area contributed by atoms with Crippen LogP contribution in [0.2, 0.25) is 5.02 Å². The summed E-state index contributed by atoms with van der Waals surface area (Å²) in [6.07, 6.45) is 2.53. The van der Waals surface area contributed by atoms with Gasteiger partial charge in [0.2, 0.25) is 0 Å². The van der Waals surface area contributed by atoms with E-state index in [0.717, 1.165) is 30.1 Å². The highest BCUT2D eigenvalue weighted by Crippen LogP contribution is 2.31. The van der Waals surface area contributed by atoms with E-state index in [1.807, 2.05) is 12.1 Å². The van der Waals surface area contributed by atoms with E-state index in [1.54, 1.807) is 17.0 Å². The third kappa shape index (κ3) is 3.29. The zero-order valence-electron chi connectivity index (χ0n) is 11.9. The van der Waals surface area contributed by atoms with Crippen LogP contribution in [0.5, 0.6) is 0 Å². The molecule has 1 amide bonds. The number of rotatable bonds is 3. The van der Waals surface area contributed by atoms with Crippen LogP contribution < -0.4 is 0 Å². The van der Waals surface area contributed by atoms with Crippen LogP contribution in [-0.2, 0) is 0 Å². The van der Waals surface area contributed by atoms with Crippen molar-refractivity contribution in [2.75, 3.05) is 13.1 Å². The topological polar surface area (TPSA) is 66.3 Å². The molecule has 22 heavy (non-hydrogen) atoms. The molecule has 2 heterocycles. The van der Waals surface area contributed by atoms with Gasteiger partial charge >= 0.3 is 0 Å². The Bertz CT molecular complexity index is 625. The highest BCUT2D eigenvalue weighted by molar-refractivity contribution is 6.99. The van der Waals surface area contributed by atoms with Crippen LogP contribution >= 0.6 is 23.3 Å². The minimum atomic E-state index is -0.518. The lowest BCUT2D eigenvalue weighted by Crippen LogP contribution is -2.39. The summed E-state index contributed by atoms with van der Waals surface area (Å²) in [7, 11) is 0. The Morgan fingerprint density at radius 2 is 2.00 bits per heavy atom. The van der Waals surface area contributed by atoms with Gasteiger partial charge in [-0.2, -0.15) is 8.75 Å². The van der Waals surface area contributed by atoms with Gasteiger partial charge in [0.1, 0.15) is 0 Å². The van der Waals surface area contributed by atoms with E-state index in [1.165, 1.54) is 6.20 Å². The molecule has 1 aliphatic heterocycles. The Morgan fingerprint density at radius 3 is 2.59 bits per heavy atom. The minimum absolute atomic E-state index is 0.0758. The minimum Gasteiger partial charge on any atom is -0.388 e. The molecule has 1 aliphatic rings. The third-order valence-corrected chi connectivity index (χ3v) is 4.80. The fraction of sp³-hybridized carbons (Fsp3) is 0.400. The first-order chi connectivity index (χ1) is 10.6. The molecular weight excluding hydrogens is 322 g/mol. The Balaban J connectivity index is 1.59. The van der Waals surface area contributed by atoms with E-state index in [4.69, 9.17) is 11.6 Å². The number of hydrogen-bond donors (Lipinski definition) is 1. The monoisotopic (exact) mass is 337 g/mol. The molecule has 1 unspecified atom stereocenters. The fourth-order valence-electron chi connectivity index (χ4n) is 2.77. The van der Waals surface area contributed by atoms with Crippen LogP contribution in [0.4, 0.5) is 0 Å². The molecule has 5 nitrogen and oxygen atoms in total. The number of hydrogen-bond acceptors (Lipinski definition) is 5. The Hall–Kier alpha value is -1.50. The van der Waals surface area contributed by atoms with Crippen molar-refractivity contribution >= 4 is 29.2 Å². The Labute approximate surface area is 137 Å². The molecule has 0 spiro atoms. The van der Waals surface area contributed by atoms with Gasteiger partial charge < -0.3 is 10.0 Å². The summed E-state index contributed by atoms with van der Waals surface area (Å²) in [4.78, 5) is 14.0. The molecule has 0 radical (unpaired) electrons. The molecule has 1 aromatic carbocycles. The van der Waals surface area contributed by atoms with Crippen molar-refractivity contribution < 1.29 is 9.90 Å². The molecule has 1 atom stereocenters. The lowest BCUT2D eigenvalue weighted by atomic mass is 9.87. The number of aliphatic hydroxyl groups is 1. The fourth-order valence-corrected chi connectivity index (χ4v) is 3.30. The number of amides is 1. The number of piperidine rings is 1. The number of benzene rings is 1. The summed E-state index contributed by atoms with van der Waals surface area (Å²) >= 11 is 6.91. The SMILES string of the molecule is O=C(c1cnsn1)N1CCC(C(O)c2ccc(Cl)cc2)CC1. The number of halogens is 1. The molecule has 1 aromatic heterocycles. The largest absolute Gasteiger partial charge is 0.388 e. The van der Waals surface area contributed by atoms with Crippen LogP contribution in [-0.4, -0.2) is 37.8 Å². The van der Waals surface area contributed by atoms with Gasteiger partial charge in [0.15, 0.2) is 5.69 Å². The maximum atomic E-state index is 12.2. The van der Waals surface area contributed by atoms with Crippen LogP contribution in [0.15, 0.2) is 30.5 Å². The summed E-state index contributed by atoms with van der Waals surface area (Å²) in [6, 6.07) is 7.28. The Kier molecular flexibility index (Phi) is 4.71. The number of aromatic nitrogens is 2. The van der Waals surface area contributed by atoms with Crippen LogP contribution in [0.1, 0.15) is 35.0 Å². The molecule has 0 bridgehead atoms. The maximum absolute atomic E-state index is 12.2. The highest BCUT2D eigenvalue weighted by Gasteiger charge is 2.29. The van der Waals surface area contributed by atoms with Crippen molar-refractivity contribution in [1.29, 1.82) is 0 Å². The van der Waals surface area contributed by atoms with Crippen LogP contribution in [0.3, 0.4) is 0 Å². The lowest BCUT2D eigenvalue weighted by Gasteiger charge is -2.34. The molecule has 1 N–H and O–H groups in total. The zero-order chi connectivity index (χ0) is 15.5. The van der Waals surface area contributed by atoms with Gasteiger partial charge in [-0.3, -0.25) is 4.79 Å². The second kappa shape index (κ2) is 6.73. The van der Waals surface area contributed by atoms with Crippen molar-refractivity contribution in [3.05, 3.63) is 46.7 Å². The van der Waals surface area contributed by atoms with Gasteiger partial charge in [-0.05, 0) is 36.5 Å². The van der Waals surface area contributed by atoms with Crippen LogP contribution in [0.25, 0.3) is 0 Å². The van der Waals surface area contributed by atoms with Crippen molar-refractivity contribution in [3.8, 4) is 0 Å². The number of nitrogens with zero attached hydrogens (tertiary/aromatic N) is 3. The number of aliphatic hydroxyl groups excluding tert-OH is 1. The van der Waals surface area contributed by atoms with E-state index in [9.17, 15) is 9.90 Å². The normalized spacial score (nSPS) is 17.5. The second-order valence-corrected chi connectivity index (χ2v) is 6.41. The zero-order valence-corrected chi connectivity index (χ0v) is 13.4. The van der Waals surface area contributed by atoms with Crippen molar-refractivity contribution in [2.24, 2.45) is 5.92 Å². The summed E-state index contributed by atoms with van der Waals surface area (Å²) in [5.41, 5.74) is 1.28. The van der Waals surface area contributed by atoms with Gasteiger partial charge in [-0.1, -0.05) is 23.7 Å². The van der Waals surface area contributed by atoms with Gasteiger partial charge in [0, 0.05) is 18.1 Å². The first-order valence-corrected chi connectivity index (χ1v) is 8.26. The molecule has 0 saturated carbocycles. The van der Waals surface area contributed by atoms with E-state index >= 15 is 0 Å². The first kappa shape index (κ1) is 15.4. The second-order valence-electron chi connectivity index (χ2n) is 5.42. The molecule has 3 rings (SSSR count). The predicted octanol–water partition coefficient (Wildman–Crippen LogP) is 2.78. The van der Waals surface area contributed by atoms with Gasteiger partial charge in [0.25, 0.3) is 5.91 Å². The molecule has 116 valence electrons. The first-order valence-electron chi connectivity index (χ1n) is 7.15. The van der Waals surface area contributed by atoms with Crippen molar-refractivity contribution in [1.82, 2.24) is 13.6 Å². The standard InChI is InChI=1S/C15H16ClN3O2S/c16-12-3-1-10(2-4-12)14(20)11-5-7-19(8-6-11)15(21)13-9-17-22-18-13/h1-4,9,11,14,20H,5-8H2. The van der Waals surface area contributed by atoms with Gasteiger partial charge in [-0.25, -0.2) is 0 Å². The maximum Gasteiger partial charge on any atom is 0.275 e. The molecule has 2 aromatic rings. The molecule has 1 saturated heterocycles. The molecule has 7 heteroatoms. The third-order valence-electron chi connectivity index (χ3n) is 4.07. The van der Waals surface area contributed by atoms with Gasteiger partial charge in [-0.15, -0.1) is 0 Å². The van der Waals surface area contributed by atoms with E-state index < -0.39 is 6.10 Å². The summed E-state index contributed by atoms with van der Waals surface area (Å²) in [5.74, 6) is 0.0759. The quantitative estimate of drug-likeness (QED) is 0.935. The average Bonchev–Trinajstić information content (AvgIpc) is 3.09. The lowest BCUT2D eigenvalue weighted by molar-refractivity contribution is 0.0459. The summed E-state index contributed by atoms with van der Waals surface area (Å²) in [5, 5.41) is 11.1. The smallest absolute Gasteiger partial charge is 0.275 e. The highest BCUT2D eigenvalue weighted by atomic mass is 35.5. The van der Waals surface area contributed by atoms with E-state index in [2.05, 4.69) is 8.75 Å². The van der Waals surface area contributed by atoms with Gasteiger partial charge in [0.05, 0.1) is 24.0 Å². The molecule has 1 fully saturated rings. The number of likely N-dealkylation sites (tertiary alicyclic amines) is 1. The predicted molar refractivity (Wildman–Crippen MR) is 84.9 cm³/mol. The molecule has 0 aliphatic carbocycles. The Morgan fingerprint density at radius 1 is 1.32 bits per heavy atom. The van der Waals surface area contributed by atoms with E-state index in [-0.39, 0.29) is 11.8 Å². The molecular formula is C15H16ClN3O2S. The number of carbonyl (C=O) groups excluding carboxylic acids is 1. The van der Waals surface area contributed by atoms with Crippen molar-refractivity contribution in [3.63, 3.8) is 0 Å². The van der Waals surface area contributed by atoms with Crippen molar-refractivity contribution in [2.45, 2.75) is 18.9 Å². The van der Waals surface area contributed by atoms with E-state index in [0.29, 0.717) is 23.8 Å². The average molecular weight is 338 g/mol.